The molecule has 0 saturated carbocycles. The Hall–Kier alpha value is -3.20. The molecule has 3 heterocycles. The summed E-state index contributed by atoms with van der Waals surface area (Å²) in [6.07, 6.45) is 5.07. The molecule has 0 aliphatic rings. The first-order valence-corrected chi connectivity index (χ1v) is 8.35. The Bertz CT molecular complexity index is 830. The molecule has 0 radical (unpaired) electrons. The summed E-state index contributed by atoms with van der Waals surface area (Å²) in [6.45, 7) is 0. The molecule has 0 fully saturated rings. The van der Waals surface area contributed by atoms with Gasteiger partial charge in [-0.25, -0.2) is 14.5 Å². The first-order valence-electron chi connectivity index (χ1n) is 7.47. The van der Waals surface area contributed by atoms with E-state index in [1.807, 2.05) is 17.5 Å². The van der Waals surface area contributed by atoms with Crippen molar-refractivity contribution in [3.8, 4) is 5.82 Å². The maximum absolute atomic E-state index is 12.3. The molecule has 0 spiro atoms. The van der Waals surface area contributed by atoms with Crippen LogP contribution in [-0.2, 0) is 4.79 Å². The molecule has 3 amide bonds. The van der Waals surface area contributed by atoms with Crippen molar-refractivity contribution in [3.05, 3.63) is 59.2 Å². The van der Waals surface area contributed by atoms with Crippen LogP contribution in [0, 0.1) is 0 Å². The third kappa shape index (κ3) is 4.42. The number of carbonyl (C=O) groups is 2. The van der Waals surface area contributed by atoms with Gasteiger partial charge in [0.05, 0.1) is 24.3 Å². The van der Waals surface area contributed by atoms with Crippen LogP contribution in [0.3, 0.4) is 0 Å². The summed E-state index contributed by atoms with van der Waals surface area (Å²) in [5.41, 5.74) is 5.76. The van der Waals surface area contributed by atoms with Crippen LogP contribution in [0.5, 0.6) is 0 Å². The Labute approximate surface area is 147 Å². The van der Waals surface area contributed by atoms with Crippen molar-refractivity contribution in [2.75, 3.05) is 5.32 Å². The molecule has 8 nitrogen and oxygen atoms in total. The molecule has 25 heavy (non-hydrogen) atoms. The average Bonchev–Trinajstić information content (AvgIpc) is 3.28. The van der Waals surface area contributed by atoms with Gasteiger partial charge < -0.3 is 16.4 Å². The minimum atomic E-state index is -0.670. The monoisotopic (exact) mass is 356 g/mol. The second-order valence-electron chi connectivity index (χ2n) is 5.18. The first-order chi connectivity index (χ1) is 12.1. The van der Waals surface area contributed by atoms with Crippen molar-refractivity contribution in [3.63, 3.8) is 0 Å². The Morgan fingerprint density at radius 1 is 1.28 bits per heavy atom. The number of rotatable bonds is 6. The van der Waals surface area contributed by atoms with Gasteiger partial charge in [-0.1, -0.05) is 6.07 Å². The van der Waals surface area contributed by atoms with E-state index in [-0.39, 0.29) is 12.3 Å². The van der Waals surface area contributed by atoms with Crippen molar-refractivity contribution in [1.82, 2.24) is 20.1 Å². The van der Waals surface area contributed by atoms with Gasteiger partial charge in [-0.2, -0.15) is 5.10 Å². The summed E-state index contributed by atoms with van der Waals surface area (Å²) >= 11 is 1.45. The fourth-order valence-corrected chi connectivity index (χ4v) is 3.06. The normalized spacial score (nSPS) is 11.7. The fourth-order valence-electron chi connectivity index (χ4n) is 2.28. The Kier molecular flexibility index (Phi) is 5.05. The summed E-state index contributed by atoms with van der Waals surface area (Å²) < 4.78 is 1.62. The lowest BCUT2D eigenvalue weighted by Gasteiger charge is -2.15. The van der Waals surface area contributed by atoms with E-state index in [2.05, 4.69) is 20.7 Å². The number of nitrogens with one attached hydrogen (secondary N) is 2. The number of urea groups is 1. The maximum atomic E-state index is 12.3. The van der Waals surface area contributed by atoms with E-state index >= 15 is 0 Å². The summed E-state index contributed by atoms with van der Waals surface area (Å²) in [5, 5.41) is 11.3. The quantitative estimate of drug-likeness (QED) is 0.627. The van der Waals surface area contributed by atoms with E-state index in [0.717, 1.165) is 4.88 Å². The van der Waals surface area contributed by atoms with Gasteiger partial charge >= 0.3 is 6.03 Å². The highest BCUT2D eigenvalue weighted by molar-refractivity contribution is 7.10. The lowest BCUT2D eigenvalue weighted by atomic mass is 10.1. The third-order valence-electron chi connectivity index (χ3n) is 3.36. The van der Waals surface area contributed by atoms with E-state index < -0.39 is 12.1 Å². The highest BCUT2D eigenvalue weighted by atomic mass is 32.1. The number of anilines is 1. The van der Waals surface area contributed by atoms with Gasteiger partial charge in [-0.3, -0.25) is 4.79 Å². The van der Waals surface area contributed by atoms with Crippen LogP contribution < -0.4 is 16.4 Å². The van der Waals surface area contributed by atoms with Gasteiger partial charge in [0.25, 0.3) is 0 Å². The molecular formula is C16H16N6O2S. The van der Waals surface area contributed by atoms with Crippen LogP contribution in [0.25, 0.3) is 5.82 Å². The van der Waals surface area contributed by atoms with Crippen molar-refractivity contribution < 1.29 is 9.59 Å². The van der Waals surface area contributed by atoms with E-state index in [1.54, 1.807) is 41.5 Å². The van der Waals surface area contributed by atoms with Crippen LogP contribution in [0.15, 0.2) is 54.3 Å². The van der Waals surface area contributed by atoms with Crippen molar-refractivity contribution in [1.29, 1.82) is 0 Å². The number of hydrogen-bond acceptors (Lipinski definition) is 5. The smallest absolute Gasteiger partial charge is 0.312 e. The number of hydrogen-bond donors (Lipinski definition) is 3. The number of carbonyl (C=O) groups excluding carboxylic acids is 2. The zero-order valence-corrected chi connectivity index (χ0v) is 13.9. The average molecular weight is 356 g/mol. The van der Waals surface area contributed by atoms with E-state index in [0.29, 0.717) is 11.5 Å². The largest absolute Gasteiger partial charge is 0.352 e. The highest BCUT2D eigenvalue weighted by Gasteiger charge is 2.18. The predicted octanol–water partition coefficient (Wildman–Crippen LogP) is 2.07. The topological polar surface area (TPSA) is 115 Å². The molecular weight excluding hydrogens is 340 g/mol. The van der Waals surface area contributed by atoms with E-state index in [4.69, 9.17) is 5.73 Å². The summed E-state index contributed by atoms with van der Waals surface area (Å²) in [4.78, 5) is 28.5. The van der Waals surface area contributed by atoms with Crippen molar-refractivity contribution >= 4 is 29.0 Å². The van der Waals surface area contributed by atoms with Gasteiger partial charge in [0.2, 0.25) is 5.91 Å². The minimum Gasteiger partial charge on any atom is -0.352 e. The summed E-state index contributed by atoms with van der Waals surface area (Å²) in [6, 6.07) is 7.85. The fraction of sp³-hybridized carbons (Fsp3) is 0.125. The van der Waals surface area contributed by atoms with E-state index in [1.165, 1.54) is 11.3 Å². The SMILES string of the molecule is NC(=O)N[C@H](CC(=O)Nc1ccc(-n2cccn2)nc1)c1cccs1. The summed E-state index contributed by atoms with van der Waals surface area (Å²) in [5.74, 6) is 0.399. The van der Waals surface area contributed by atoms with Crippen LogP contribution >= 0.6 is 11.3 Å². The van der Waals surface area contributed by atoms with Crippen molar-refractivity contribution in [2.45, 2.75) is 12.5 Å². The zero-order valence-electron chi connectivity index (χ0n) is 13.1. The Morgan fingerprint density at radius 2 is 2.16 bits per heavy atom. The lowest BCUT2D eigenvalue weighted by molar-refractivity contribution is -0.116. The number of amides is 3. The molecule has 3 aromatic rings. The highest BCUT2D eigenvalue weighted by Crippen LogP contribution is 2.22. The molecule has 0 aromatic carbocycles. The molecule has 128 valence electrons. The van der Waals surface area contributed by atoms with Crippen LogP contribution in [-0.4, -0.2) is 26.7 Å². The predicted molar refractivity (Wildman–Crippen MR) is 94.4 cm³/mol. The number of nitrogens with two attached hydrogens (primary N) is 1. The minimum absolute atomic E-state index is 0.0738. The second kappa shape index (κ2) is 7.58. The standard InChI is InChI=1S/C16H16N6O2S/c17-16(24)21-12(13-3-1-8-25-13)9-15(23)20-11-4-5-14(18-10-11)22-7-2-6-19-22/h1-8,10,12H,9H2,(H,20,23)(H3,17,21,24)/t12-/m1/s1. The van der Waals surface area contributed by atoms with Crippen LogP contribution in [0.1, 0.15) is 17.3 Å². The molecule has 3 aromatic heterocycles. The van der Waals surface area contributed by atoms with Gasteiger partial charge in [0.15, 0.2) is 5.82 Å². The van der Waals surface area contributed by atoms with Crippen molar-refractivity contribution in [2.24, 2.45) is 5.73 Å². The molecule has 0 unspecified atom stereocenters. The molecule has 0 bridgehead atoms. The number of aromatic nitrogens is 3. The Morgan fingerprint density at radius 3 is 2.76 bits per heavy atom. The second-order valence-corrected chi connectivity index (χ2v) is 6.16. The van der Waals surface area contributed by atoms with E-state index in [9.17, 15) is 9.59 Å². The van der Waals surface area contributed by atoms with Gasteiger partial charge in [0.1, 0.15) is 0 Å². The number of nitrogens with zero attached hydrogens (tertiary/aromatic N) is 3. The molecule has 0 saturated heterocycles. The molecule has 3 rings (SSSR count). The molecule has 9 heteroatoms. The van der Waals surface area contributed by atoms with Gasteiger partial charge in [-0.05, 0) is 29.6 Å². The van der Waals surface area contributed by atoms with Gasteiger partial charge in [0, 0.05) is 17.3 Å². The number of pyridine rings is 1. The molecule has 0 aliphatic carbocycles. The summed E-state index contributed by atoms with van der Waals surface area (Å²) in [7, 11) is 0. The molecule has 4 N–H and O–H groups in total. The lowest BCUT2D eigenvalue weighted by Crippen LogP contribution is -2.34. The first kappa shape index (κ1) is 16.7. The number of primary amides is 1. The van der Waals surface area contributed by atoms with Crippen LogP contribution in [0.4, 0.5) is 10.5 Å². The van der Waals surface area contributed by atoms with Gasteiger partial charge in [-0.15, -0.1) is 11.3 Å². The maximum Gasteiger partial charge on any atom is 0.312 e. The molecule has 0 aliphatic heterocycles. The molecule has 1 atom stereocenters. The Balaban J connectivity index is 1.63. The van der Waals surface area contributed by atoms with Crippen LogP contribution in [0.2, 0.25) is 0 Å². The zero-order chi connectivity index (χ0) is 17.6. The third-order valence-corrected chi connectivity index (χ3v) is 4.35. The number of thiophene rings is 1.